The molecule has 2 aliphatic rings. The highest BCUT2D eigenvalue weighted by atomic mass is 16.4. The van der Waals surface area contributed by atoms with Gasteiger partial charge >= 0.3 is 12.0 Å². The predicted octanol–water partition coefficient (Wildman–Crippen LogP) is 0.830. The number of anilines is 1. The topological polar surface area (TPSA) is 107 Å². The first kappa shape index (κ1) is 18.4. The number of carboxylic acids is 1. The Labute approximate surface area is 153 Å². The zero-order chi connectivity index (χ0) is 18.4. The van der Waals surface area contributed by atoms with Crippen molar-refractivity contribution < 1.29 is 14.7 Å². The molecule has 2 amide bonds. The zero-order valence-electron chi connectivity index (χ0n) is 15.0. The van der Waals surface area contributed by atoms with Crippen molar-refractivity contribution in [2.24, 2.45) is 0 Å². The Morgan fingerprint density at radius 3 is 2.88 bits per heavy atom. The second-order valence-electron chi connectivity index (χ2n) is 6.94. The number of urea groups is 1. The van der Waals surface area contributed by atoms with Crippen LogP contribution in [0.15, 0.2) is 12.1 Å². The fraction of sp³-hybridized carbons (Fsp3) is 0.611. The number of aliphatic carboxylic acids is 1. The Kier molecular flexibility index (Phi) is 6.27. The molecule has 0 saturated carbocycles. The number of aryl methyl sites for hydroxylation is 1. The van der Waals surface area contributed by atoms with Gasteiger partial charge in [-0.15, -0.1) is 0 Å². The Bertz CT molecular complexity index is 644. The number of pyridine rings is 1. The first-order chi connectivity index (χ1) is 12.6. The number of amides is 2. The molecule has 1 saturated heterocycles. The minimum absolute atomic E-state index is 0.0710. The minimum Gasteiger partial charge on any atom is -0.480 e. The number of likely N-dealkylation sites (tertiary alicyclic amines) is 1. The lowest BCUT2D eigenvalue weighted by molar-refractivity contribution is -0.138. The van der Waals surface area contributed by atoms with Crippen LogP contribution in [0.1, 0.15) is 30.5 Å². The van der Waals surface area contributed by atoms with Crippen molar-refractivity contribution in [3.05, 3.63) is 23.4 Å². The Morgan fingerprint density at radius 2 is 2.12 bits per heavy atom. The molecule has 1 aromatic rings. The summed E-state index contributed by atoms with van der Waals surface area (Å²) in [6.45, 7) is 2.97. The number of hydrogen-bond acceptors (Lipinski definition) is 5. The molecule has 2 aliphatic heterocycles. The normalized spacial score (nSPS) is 17.8. The van der Waals surface area contributed by atoms with Crippen molar-refractivity contribution in [1.82, 2.24) is 20.5 Å². The fourth-order valence-corrected chi connectivity index (χ4v) is 3.48. The zero-order valence-corrected chi connectivity index (χ0v) is 15.0. The first-order valence-corrected chi connectivity index (χ1v) is 9.31. The third-order valence-electron chi connectivity index (χ3n) is 4.90. The van der Waals surface area contributed by atoms with Crippen molar-refractivity contribution in [1.29, 1.82) is 0 Å². The number of rotatable bonds is 6. The van der Waals surface area contributed by atoms with E-state index in [1.54, 1.807) is 0 Å². The predicted molar refractivity (Wildman–Crippen MR) is 98.4 cm³/mol. The summed E-state index contributed by atoms with van der Waals surface area (Å²) in [7, 11) is 0. The van der Waals surface area contributed by atoms with Crippen LogP contribution in [-0.4, -0.2) is 65.8 Å². The number of fused-ring (bicyclic) bond motifs is 1. The third kappa shape index (κ3) is 5.32. The molecule has 0 unspecified atom stereocenters. The van der Waals surface area contributed by atoms with Gasteiger partial charge < -0.3 is 21.1 Å². The Hall–Kier alpha value is -2.35. The first-order valence-electron chi connectivity index (χ1n) is 9.31. The van der Waals surface area contributed by atoms with Gasteiger partial charge in [0.1, 0.15) is 5.82 Å². The molecule has 0 aromatic carbocycles. The van der Waals surface area contributed by atoms with Gasteiger partial charge in [0.15, 0.2) is 0 Å². The highest BCUT2D eigenvalue weighted by molar-refractivity contribution is 5.74. The van der Waals surface area contributed by atoms with E-state index in [-0.39, 0.29) is 18.6 Å². The molecule has 3 rings (SSSR count). The van der Waals surface area contributed by atoms with Crippen molar-refractivity contribution in [3.63, 3.8) is 0 Å². The number of carboxylic acid groups (broad SMARTS) is 1. The maximum Gasteiger partial charge on any atom is 0.317 e. The number of piperidine rings is 1. The maximum atomic E-state index is 12.0. The van der Waals surface area contributed by atoms with Gasteiger partial charge in [-0.2, -0.15) is 0 Å². The standard InChI is InChI=1S/C18H27N5O3/c24-16(25)12-23-10-6-15(7-11-23)22-18(26)20-9-5-14-4-3-13-2-1-8-19-17(13)21-14/h3-4,15H,1-2,5-12H2,(H,19,21)(H,24,25)(H2,20,22,26). The van der Waals surface area contributed by atoms with E-state index in [9.17, 15) is 9.59 Å². The second-order valence-corrected chi connectivity index (χ2v) is 6.94. The molecule has 1 aromatic heterocycles. The lowest BCUT2D eigenvalue weighted by atomic mass is 10.1. The minimum atomic E-state index is -0.805. The number of nitrogens with one attached hydrogen (secondary N) is 3. The third-order valence-corrected chi connectivity index (χ3v) is 4.90. The lowest BCUT2D eigenvalue weighted by Gasteiger charge is -2.31. The fourth-order valence-electron chi connectivity index (χ4n) is 3.48. The van der Waals surface area contributed by atoms with Gasteiger partial charge in [-0.1, -0.05) is 6.07 Å². The molecule has 0 atom stereocenters. The van der Waals surface area contributed by atoms with Gasteiger partial charge in [0.25, 0.3) is 0 Å². The van der Waals surface area contributed by atoms with Gasteiger partial charge in [0, 0.05) is 44.3 Å². The van der Waals surface area contributed by atoms with Crippen molar-refractivity contribution in [2.75, 3.05) is 38.0 Å². The molecule has 0 spiro atoms. The van der Waals surface area contributed by atoms with E-state index < -0.39 is 5.97 Å². The monoisotopic (exact) mass is 361 g/mol. The van der Waals surface area contributed by atoms with E-state index in [2.05, 4.69) is 27.0 Å². The lowest BCUT2D eigenvalue weighted by Crippen LogP contribution is -2.48. The highest BCUT2D eigenvalue weighted by Crippen LogP contribution is 2.19. The van der Waals surface area contributed by atoms with Gasteiger partial charge in [-0.3, -0.25) is 9.69 Å². The van der Waals surface area contributed by atoms with Crippen LogP contribution in [0.3, 0.4) is 0 Å². The summed E-state index contributed by atoms with van der Waals surface area (Å²) in [4.78, 5) is 29.3. The Morgan fingerprint density at radius 1 is 1.31 bits per heavy atom. The van der Waals surface area contributed by atoms with E-state index in [0.29, 0.717) is 26.1 Å². The molecular weight excluding hydrogens is 334 g/mol. The van der Waals surface area contributed by atoms with E-state index in [1.807, 2.05) is 11.0 Å². The summed E-state index contributed by atoms with van der Waals surface area (Å²) in [6.07, 6.45) is 4.46. The molecule has 142 valence electrons. The van der Waals surface area contributed by atoms with E-state index in [4.69, 9.17) is 5.11 Å². The SMILES string of the molecule is O=C(O)CN1CCC(NC(=O)NCCc2ccc3c(n2)NCCC3)CC1. The average molecular weight is 361 g/mol. The van der Waals surface area contributed by atoms with E-state index in [0.717, 1.165) is 43.7 Å². The van der Waals surface area contributed by atoms with Crippen LogP contribution in [0.25, 0.3) is 0 Å². The van der Waals surface area contributed by atoms with Crippen molar-refractivity contribution in [3.8, 4) is 0 Å². The van der Waals surface area contributed by atoms with Crippen molar-refractivity contribution in [2.45, 2.75) is 38.1 Å². The van der Waals surface area contributed by atoms with Gasteiger partial charge in [-0.05, 0) is 37.3 Å². The molecule has 4 N–H and O–H groups in total. The number of nitrogens with zero attached hydrogens (tertiary/aromatic N) is 2. The van der Waals surface area contributed by atoms with Gasteiger partial charge in [-0.25, -0.2) is 9.78 Å². The number of aromatic nitrogens is 1. The van der Waals surface area contributed by atoms with Crippen LogP contribution < -0.4 is 16.0 Å². The van der Waals surface area contributed by atoms with Crippen LogP contribution in [0, 0.1) is 0 Å². The average Bonchev–Trinajstić information content (AvgIpc) is 2.63. The summed E-state index contributed by atoms with van der Waals surface area (Å²) in [5.41, 5.74) is 2.24. The quantitative estimate of drug-likeness (QED) is 0.598. The number of hydrogen-bond donors (Lipinski definition) is 4. The smallest absolute Gasteiger partial charge is 0.317 e. The summed E-state index contributed by atoms with van der Waals surface area (Å²) in [5.74, 6) is 0.173. The molecular formula is C18H27N5O3. The van der Waals surface area contributed by atoms with Crippen LogP contribution in [0.4, 0.5) is 10.6 Å². The number of carbonyl (C=O) groups is 2. The van der Waals surface area contributed by atoms with Gasteiger partial charge in [0.2, 0.25) is 0 Å². The van der Waals surface area contributed by atoms with Gasteiger partial charge in [0.05, 0.1) is 6.54 Å². The largest absolute Gasteiger partial charge is 0.480 e. The molecule has 3 heterocycles. The molecule has 0 radical (unpaired) electrons. The van der Waals surface area contributed by atoms with E-state index >= 15 is 0 Å². The second kappa shape index (κ2) is 8.84. The molecule has 0 bridgehead atoms. The van der Waals surface area contributed by atoms with Crippen molar-refractivity contribution >= 4 is 17.8 Å². The Balaban J connectivity index is 1.35. The van der Waals surface area contributed by atoms with Crippen LogP contribution in [-0.2, 0) is 17.6 Å². The molecule has 8 nitrogen and oxygen atoms in total. The molecule has 0 aliphatic carbocycles. The maximum absolute atomic E-state index is 12.0. The van der Waals surface area contributed by atoms with Crippen LogP contribution >= 0.6 is 0 Å². The molecule has 8 heteroatoms. The number of carbonyl (C=O) groups excluding carboxylic acids is 1. The molecule has 1 fully saturated rings. The van der Waals surface area contributed by atoms with Crippen LogP contribution in [0.2, 0.25) is 0 Å². The summed E-state index contributed by atoms with van der Waals surface area (Å²) in [5, 5.41) is 18.0. The molecule has 26 heavy (non-hydrogen) atoms. The summed E-state index contributed by atoms with van der Waals surface area (Å²) >= 11 is 0. The summed E-state index contributed by atoms with van der Waals surface area (Å²) in [6, 6.07) is 4.09. The highest BCUT2D eigenvalue weighted by Gasteiger charge is 2.21. The summed E-state index contributed by atoms with van der Waals surface area (Å²) < 4.78 is 0. The van der Waals surface area contributed by atoms with Crippen LogP contribution in [0.5, 0.6) is 0 Å². The van der Waals surface area contributed by atoms with E-state index in [1.165, 1.54) is 5.56 Å².